The molecule has 1 aromatic rings. The third-order valence-electron chi connectivity index (χ3n) is 2.38. The van der Waals surface area contributed by atoms with Crippen LogP contribution < -0.4 is 4.74 Å². The largest absolute Gasteiger partial charge is 0.496 e. The molecule has 0 saturated heterocycles. The van der Waals surface area contributed by atoms with E-state index in [2.05, 4.69) is 11.1 Å². The average molecular weight is 175 g/mol. The Morgan fingerprint density at radius 3 is 3.15 bits per heavy atom. The highest BCUT2D eigenvalue weighted by molar-refractivity contribution is 5.64. The lowest BCUT2D eigenvalue weighted by Gasteiger charge is -2.09. The van der Waals surface area contributed by atoms with Gasteiger partial charge in [-0.25, -0.2) is 0 Å². The number of benzene rings is 1. The molecule has 0 amide bonds. The van der Waals surface area contributed by atoms with Gasteiger partial charge in [-0.1, -0.05) is 12.1 Å². The zero-order valence-corrected chi connectivity index (χ0v) is 7.79. The highest BCUT2D eigenvalue weighted by Crippen LogP contribution is 2.24. The summed E-state index contributed by atoms with van der Waals surface area (Å²) < 4.78 is 5.31. The second-order valence-electron chi connectivity index (χ2n) is 3.14. The van der Waals surface area contributed by atoms with E-state index in [-0.39, 0.29) is 0 Å². The lowest BCUT2D eigenvalue weighted by Crippen LogP contribution is -1.97. The molecule has 1 aromatic carbocycles. The number of methoxy groups -OCH3 is 1. The van der Waals surface area contributed by atoms with Crippen molar-refractivity contribution in [3.63, 3.8) is 0 Å². The molecule has 68 valence electrons. The highest BCUT2D eigenvalue weighted by Gasteiger charge is 2.09. The van der Waals surface area contributed by atoms with Crippen LogP contribution in [0.5, 0.6) is 5.75 Å². The van der Waals surface area contributed by atoms with Crippen molar-refractivity contribution in [2.75, 3.05) is 13.7 Å². The van der Waals surface area contributed by atoms with Gasteiger partial charge in [0, 0.05) is 19.2 Å². The van der Waals surface area contributed by atoms with Gasteiger partial charge in [-0.3, -0.25) is 4.99 Å². The molecule has 2 nitrogen and oxygen atoms in total. The van der Waals surface area contributed by atoms with Gasteiger partial charge in [0.1, 0.15) is 5.75 Å². The summed E-state index contributed by atoms with van der Waals surface area (Å²) >= 11 is 0. The molecule has 0 radical (unpaired) electrons. The van der Waals surface area contributed by atoms with E-state index in [9.17, 15) is 0 Å². The van der Waals surface area contributed by atoms with Crippen LogP contribution in [0, 0.1) is 0 Å². The van der Waals surface area contributed by atoms with Gasteiger partial charge in [-0.2, -0.15) is 0 Å². The zero-order chi connectivity index (χ0) is 9.10. The van der Waals surface area contributed by atoms with E-state index in [0.717, 1.165) is 25.1 Å². The van der Waals surface area contributed by atoms with Gasteiger partial charge >= 0.3 is 0 Å². The van der Waals surface area contributed by atoms with E-state index in [1.54, 1.807) is 7.11 Å². The summed E-state index contributed by atoms with van der Waals surface area (Å²) in [5, 5.41) is 0. The van der Waals surface area contributed by atoms with Crippen molar-refractivity contribution in [3.8, 4) is 5.75 Å². The van der Waals surface area contributed by atoms with Gasteiger partial charge in [0.05, 0.1) is 7.11 Å². The molecule has 1 heterocycles. The Hall–Kier alpha value is -1.31. The highest BCUT2D eigenvalue weighted by atomic mass is 16.5. The van der Waals surface area contributed by atoms with Crippen molar-refractivity contribution in [1.29, 1.82) is 0 Å². The van der Waals surface area contributed by atoms with E-state index in [1.807, 2.05) is 18.3 Å². The van der Waals surface area contributed by atoms with E-state index in [1.165, 1.54) is 11.1 Å². The molecule has 1 aliphatic heterocycles. The van der Waals surface area contributed by atoms with Crippen LogP contribution in [0.15, 0.2) is 23.2 Å². The van der Waals surface area contributed by atoms with Crippen LogP contribution in [0.3, 0.4) is 0 Å². The monoisotopic (exact) mass is 175 g/mol. The molecule has 0 atom stereocenters. The summed E-state index contributed by atoms with van der Waals surface area (Å²) in [6, 6.07) is 6.20. The maximum atomic E-state index is 5.31. The fourth-order valence-electron chi connectivity index (χ4n) is 1.71. The molecule has 0 fully saturated rings. The van der Waals surface area contributed by atoms with Gasteiger partial charge in [-0.05, 0) is 23.6 Å². The van der Waals surface area contributed by atoms with E-state index < -0.39 is 0 Å². The third kappa shape index (κ3) is 1.57. The standard InChI is InChI=1S/C11H13NO/c1-13-11-4-2-3-9-5-7-12-8-6-10(9)11/h2-4,7H,5-6,8H2,1H3. The quantitative estimate of drug-likeness (QED) is 0.638. The summed E-state index contributed by atoms with van der Waals surface area (Å²) in [7, 11) is 1.72. The normalized spacial score (nSPS) is 14.8. The molecule has 0 spiro atoms. The first-order chi connectivity index (χ1) is 6.42. The summed E-state index contributed by atoms with van der Waals surface area (Å²) in [4.78, 5) is 4.28. The minimum absolute atomic E-state index is 0.882. The van der Waals surface area contributed by atoms with E-state index in [0.29, 0.717) is 0 Å². The summed E-state index contributed by atoms with van der Waals surface area (Å²) in [5.74, 6) is 1.00. The van der Waals surface area contributed by atoms with Crippen molar-refractivity contribution in [2.24, 2.45) is 4.99 Å². The Morgan fingerprint density at radius 1 is 1.38 bits per heavy atom. The van der Waals surface area contributed by atoms with Gasteiger partial charge in [0.15, 0.2) is 0 Å². The maximum Gasteiger partial charge on any atom is 0.122 e. The molecular formula is C11H13NO. The van der Waals surface area contributed by atoms with E-state index in [4.69, 9.17) is 4.74 Å². The minimum atomic E-state index is 0.882. The van der Waals surface area contributed by atoms with Crippen molar-refractivity contribution in [3.05, 3.63) is 29.3 Å². The van der Waals surface area contributed by atoms with Crippen molar-refractivity contribution in [1.82, 2.24) is 0 Å². The topological polar surface area (TPSA) is 21.6 Å². The number of rotatable bonds is 1. The van der Waals surface area contributed by atoms with Crippen LogP contribution in [0.25, 0.3) is 0 Å². The van der Waals surface area contributed by atoms with Crippen molar-refractivity contribution in [2.45, 2.75) is 12.8 Å². The maximum absolute atomic E-state index is 5.31. The van der Waals surface area contributed by atoms with Crippen LogP contribution in [-0.4, -0.2) is 19.9 Å². The van der Waals surface area contributed by atoms with Crippen LogP contribution in [0.2, 0.25) is 0 Å². The SMILES string of the molecule is COc1cccc2c1CCN=CC2. The van der Waals surface area contributed by atoms with Gasteiger partial charge in [-0.15, -0.1) is 0 Å². The Morgan fingerprint density at radius 2 is 2.31 bits per heavy atom. The molecule has 13 heavy (non-hydrogen) atoms. The smallest absolute Gasteiger partial charge is 0.122 e. The zero-order valence-electron chi connectivity index (χ0n) is 7.79. The van der Waals surface area contributed by atoms with Crippen LogP contribution in [0.4, 0.5) is 0 Å². The molecule has 1 aliphatic rings. The molecule has 0 aromatic heterocycles. The van der Waals surface area contributed by atoms with Crippen LogP contribution in [-0.2, 0) is 12.8 Å². The Bertz CT molecular complexity index is 331. The van der Waals surface area contributed by atoms with Gasteiger partial charge in [0.25, 0.3) is 0 Å². The summed E-state index contributed by atoms with van der Waals surface area (Å²) in [6.07, 6.45) is 3.92. The predicted molar refractivity (Wildman–Crippen MR) is 53.8 cm³/mol. The number of ether oxygens (including phenoxy) is 1. The lowest BCUT2D eigenvalue weighted by atomic mass is 10.0. The second-order valence-corrected chi connectivity index (χ2v) is 3.14. The first-order valence-electron chi connectivity index (χ1n) is 4.55. The number of hydrogen-bond acceptors (Lipinski definition) is 2. The predicted octanol–water partition coefficient (Wildman–Crippen LogP) is 1.86. The number of hydrogen-bond donors (Lipinski definition) is 0. The summed E-state index contributed by atoms with van der Waals surface area (Å²) in [6.45, 7) is 0.882. The molecule has 0 N–H and O–H groups in total. The Balaban J connectivity index is 2.44. The fraction of sp³-hybridized carbons (Fsp3) is 0.364. The fourth-order valence-corrected chi connectivity index (χ4v) is 1.71. The first-order valence-corrected chi connectivity index (χ1v) is 4.55. The first kappa shape index (κ1) is 8.30. The van der Waals surface area contributed by atoms with Gasteiger partial charge < -0.3 is 4.74 Å². The van der Waals surface area contributed by atoms with E-state index >= 15 is 0 Å². The number of aliphatic imine (C=N–C) groups is 1. The molecule has 2 heteroatoms. The number of nitrogens with zero attached hydrogens (tertiary/aromatic N) is 1. The van der Waals surface area contributed by atoms with Crippen molar-refractivity contribution >= 4 is 6.21 Å². The molecule has 0 unspecified atom stereocenters. The summed E-state index contributed by atoms with van der Waals surface area (Å²) in [5.41, 5.74) is 2.67. The minimum Gasteiger partial charge on any atom is -0.496 e. The number of fused-ring (bicyclic) bond motifs is 1. The molecule has 0 bridgehead atoms. The van der Waals surface area contributed by atoms with Crippen LogP contribution in [0.1, 0.15) is 11.1 Å². The van der Waals surface area contributed by atoms with Crippen LogP contribution >= 0.6 is 0 Å². The second kappa shape index (κ2) is 3.60. The molecule has 2 rings (SSSR count). The Kier molecular flexibility index (Phi) is 2.30. The Labute approximate surface area is 78.3 Å². The molecule has 0 saturated carbocycles. The van der Waals surface area contributed by atoms with Gasteiger partial charge in [0.2, 0.25) is 0 Å². The molecular weight excluding hydrogens is 162 g/mol. The average Bonchev–Trinajstić information content (AvgIpc) is 2.41. The van der Waals surface area contributed by atoms with Crippen molar-refractivity contribution < 1.29 is 4.74 Å². The lowest BCUT2D eigenvalue weighted by molar-refractivity contribution is 0.409. The third-order valence-corrected chi connectivity index (χ3v) is 2.38. The molecule has 0 aliphatic carbocycles.